The van der Waals surface area contributed by atoms with E-state index in [2.05, 4.69) is 4.98 Å². The summed E-state index contributed by atoms with van der Waals surface area (Å²) < 4.78 is 33.3. The van der Waals surface area contributed by atoms with Crippen molar-refractivity contribution in [3.05, 3.63) is 51.0 Å². The largest absolute Gasteiger partial charge is 0.462 e. The first-order valence-corrected chi connectivity index (χ1v) is 13.1. The molecule has 7 nitrogen and oxygen atoms in total. The standard InChI is InChI=1S/C20H18Cl3N3O4S2/c1-2-30-19(27)12-10-15(23)17-16(11-12)31-20(24-17)25-6-8-26(9-7-25)32(28,29)18-13(21)4-3-5-14(18)22/h3-5,10-11H,2,6-9H2,1H3. The summed E-state index contributed by atoms with van der Waals surface area (Å²) in [5.41, 5.74) is 0.963. The van der Waals surface area contributed by atoms with E-state index in [1.165, 1.54) is 27.8 Å². The van der Waals surface area contributed by atoms with Crippen LogP contribution in [0.4, 0.5) is 5.13 Å². The van der Waals surface area contributed by atoms with Gasteiger partial charge in [0.05, 0.1) is 31.9 Å². The molecule has 0 bridgehead atoms. The van der Waals surface area contributed by atoms with Crippen LogP contribution in [0.15, 0.2) is 35.2 Å². The summed E-state index contributed by atoms with van der Waals surface area (Å²) in [5.74, 6) is -0.441. The number of thiazole rings is 1. The van der Waals surface area contributed by atoms with Crippen molar-refractivity contribution in [1.29, 1.82) is 0 Å². The van der Waals surface area contributed by atoms with Crippen LogP contribution in [0.3, 0.4) is 0 Å². The zero-order valence-electron chi connectivity index (χ0n) is 16.8. The summed E-state index contributed by atoms with van der Waals surface area (Å²) in [6, 6.07) is 7.87. The van der Waals surface area contributed by atoms with Gasteiger partial charge in [-0.15, -0.1) is 0 Å². The van der Waals surface area contributed by atoms with Gasteiger partial charge in [-0.05, 0) is 31.2 Å². The minimum atomic E-state index is -3.83. The minimum Gasteiger partial charge on any atom is -0.462 e. The summed E-state index contributed by atoms with van der Waals surface area (Å²) in [4.78, 5) is 18.6. The predicted molar refractivity (Wildman–Crippen MR) is 128 cm³/mol. The summed E-state index contributed by atoms with van der Waals surface area (Å²) in [7, 11) is -3.83. The molecule has 0 atom stereocenters. The normalized spacial score (nSPS) is 15.3. The monoisotopic (exact) mass is 533 g/mol. The fourth-order valence-electron chi connectivity index (χ4n) is 3.42. The van der Waals surface area contributed by atoms with Gasteiger partial charge in [0.15, 0.2) is 5.13 Å². The number of rotatable bonds is 5. The van der Waals surface area contributed by atoms with Crippen LogP contribution in [0.5, 0.6) is 0 Å². The molecule has 2 aromatic carbocycles. The smallest absolute Gasteiger partial charge is 0.338 e. The number of hydrogen-bond donors (Lipinski definition) is 0. The molecule has 1 saturated heterocycles. The van der Waals surface area contributed by atoms with Crippen LogP contribution >= 0.6 is 46.1 Å². The van der Waals surface area contributed by atoms with Gasteiger partial charge in [-0.2, -0.15) is 4.31 Å². The van der Waals surface area contributed by atoms with Gasteiger partial charge in [0.25, 0.3) is 0 Å². The molecule has 170 valence electrons. The molecule has 1 aliphatic rings. The molecule has 3 aromatic rings. The van der Waals surface area contributed by atoms with Crippen molar-refractivity contribution in [3.63, 3.8) is 0 Å². The number of carbonyl (C=O) groups is 1. The Morgan fingerprint density at radius 3 is 2.38 bits per heavy atom. The number of piperazine rings is 1. The van der Waals surface area contributed by atoms with Gasteiger partial charge >= 0.3 is 5.97 Å². The lowest BCUT2D eigenvalue weighted by Crippen LogP contribution is -2.48. The van der Waals surface area contributed by atoms with Crippen LogP contribution in [0, 0.1) is 0 Å². The summed E-state index contributed by atoms with van der Waals surface area (Å²) in [5, 5.41) is 1.26. The Hall–Kier alpha value is -1.62. The second-order valence-electron chi connectivity index (χ2n) is 6.96. The number of fused-ring (bicyclic) bond motifs is 1. The third-order valence-electron chi connectivity index (χ3n) is 4.97. The molecule has 32 heavy (non-hydrogen) atoms. The second kappa shape index (κ2) is 9.32. The Morgan fingerprint density at radius 1 is 1.09 bits per heavy atom. The number of nitrogens with zero attached hydrogens (tertiary/aromatic N) is 3. The van der Waals surface area contributed by atoms with Crippen molar-refractivity contribution >= 4 is 77.5 Å². The van der Waals surface area contributed by atoms with Crippen LogP contribution in [0.1, 0.15) is 17.3 Å². The van der Waals surface area contributed by atoms with Crippen molar-refractivity contribution in [2.24, 2.45) is 0 Å². The lowest BCUT2D eigenvalue weighted by atomic mass is 10.2. The van der Waals surface area contributed by atoms with E-state index in [0.29, 0.717) is 34.3 Å². The summed E-state index contributed by atoms with van der Waals surface area (Å²) in [6.07, 6.45) is 0. The first-order chi connectivity index (χ1) is 15.2. The molecule has 12 heteroatoms. The topological polar surface area (TPSA) is 79.8 Å². The van der Waals surface area contributed by atoms with E-state index in [0.717, 1.165) is 4.70 Å². The number of ether oxygens (including phenoxy) is 1. The van der Waals surface area contributed by atoms with Crippen LogP contribution in [-0.4, -0.2) is 56.5 Å². The molecule has 0 saturated carbocycles. The van der Waals surface area contributed by atoms with Crippen LogP contribution in [0.25, 0.3) is 10.2 Å². The average molecular weight is 535 g/mol. The van der Waals surface area contributed by atoms with Crippen molar-refractivity contribution in [2.75, 3.05) is 37.7 Å². The quantitative estimate of drug-likeness (QED) is 0.431. The lowest BCUT2D eigenvalue weighted by molar-refractivity contribution is 0.0526. The molecule has 0 spiro atoms. The number of hydrogen-bond acceptors (Lipinski definition) is 7. The van der Waals surface area contributed by atoms with Gasteiger partial charge in [0, 0.05) is 26.2 Å². The lowest BCUT2D eigenvalue weighted by Gasteiger charge is -2.34. The summed E-state index contributed by atoms with van der Waals surface area (Å²) in [6.45, 7) is 3.38. The molecule has 1 aliphatic heterocycles. The number of halogens is 3. The molecule has 0 unspecified atom stereocenters. The summed E-state index contributed by atoms with van der Waals surface area (Å²) >= 11 is 20.0. The Labute approximate surface area is 204 Å². The molecule has 1 aromatic heterocycles. The third kappa shape index (κ3) is 4.42. The van der Waals surface area contributed by atoms with Crippen molar-refractivity contribution in [2.45, 2.75) is 11.8 Å². The third-order valence-corrected chi connectivity index (χ3v) is 9.18. The number of carbonyl (C=O) groups excluding carboxylic acids is 1. The highest BCUT2D eigenvalue weighted by atomic mass is 35.5. The molecule has 4 rings (SSSR count). The van der Waals surface area contributed by atoms with Crippen molar-refractivity contribution in [3.8, 4) is 0 Å². The predicted octanol–water partition coefficient (Wildman–Crippen LogP) is 4.94. The molecule has 0 N–H and O–H groups in total. The van der Waals surface area contributed by atoms with E-state index in [9.17, 15) is 13.2 Å². The molecule has 0 aliphatic carbocycles. The van der Waals surface area contributed by atoms with Gasteiger partial charge in [0.1, 0.15) is 10.4 Å². The van der Waals surface area contributed by atoms with Crippen molar-refractivity contribution in [1.82, 2.24) is 9.29 Å². The van der Waals surface area contributed by atoms with Gasteiger partial charge in [-0.1, -0.05) is 52.2 Å². The maximum Gasteiger partial charge on any atom is 0.338 e. The molecular weight excluding hydrogens is 517 g/mol. The number of sulfonamides is 1. The Morgan fingerprint density at radius 2 is 1.75 bits per heavy atom. The zero-order valence-corrected chi connectivity index (χ0v) is 20.7. The first kappa shape index (κ1) is 23.5. The zero-order chi connectivity index (χ0) is 23.0. The van der Waals surface area contributed by atoms with Gasteiger partial charge in [0.2, 0.25) is 10.0 Å². The fourth-order valence-corrected chi connectivity index (χ4v) is 7.34. The maximum atomic E-state index is 13.1. The van der Waals surface area contributed by atoms with E-state index in [4.69, 9.17) is 39.5 Å². The van der Waals surface area contributed by atoms with Gasteiger partial charge in [-0.25, -0.2) is 18.2 Å². The average Bonchev–Trinajstić information content (AvgIpc) is 3.19. The van der Waals surface area contributed by atoms with Crippen molar-refractivity contribution < 1.29 is 17.9 Å². The number of benzene rings is 2. The number of esters is 1. The fraction of sp³-hybridized carbons (Fsp3) is 0.300. The molecule has 1 fully saturated rings. The number of anilines is 1. The van der Waals surface area contributed by atoms with Crippen LogP contribution < -0.4 is 4.90 Å². The first-order valence-electron chi connectivity index (χ1n) is 9.68. The molecule has 2 heterocycles. The van der Waals surface area contributed by atoms with Gasteiger partial charge in [-0.3, -0.25) is 0 Å². The molecule has 0 radical (unpaired) electrons. The Balaban J connectivity index is 1.54. The Bertz CT molecular complexity index is 1270. The second-order valence-corrected chi connectivity index (χ2v) is 11.1. The minimum absolute atomic E-state index is 0.0740. The highest BCUT2D eigenvalue weighted by Crippen LogP contribution is 2.36. The van der Waals surface area contributed by atoms with Crippen LogP contribution in [-0.2, 0) is 14.8 Å². The van der Waals surface area contributed by atoms with Gasteiger partial charge < -0.3 is 9.64 Å². The molecular formula is C20H18Cl3N3O4S2. The van der Waals surface area contributed by atoms with E-state index < -0.39 is 16.0 Å². The van der Waals surface area contributed by atoms with E-state index >= 15 is 0 Å². The Kier molecular flexibility index (Phi) is 6.86. The maximum absolute atomic E-state index is 13.1. The van der Waals surface area contributed by atoms with E-state index in [1.54, 1.807) is 25.1 Å². The van der Waals surface area contributed by atoms with Crippen LogP contribution in [0.2, 0.25) is 15.1 Å². The SMILES string of the molecule is CCOC(=O)c1cc(Cl)c2nc(N3CCN(S(=O)(=O)c4c(Cl)cccc4Cl)CC3)sc2c1. The highest BCUT2D eigenvalue weighted by molar-refractivity contribution is 7.89. The molecule has 0 amide bonds. The number of aromatic nitrogens is 1. The van der Waals surface area contributed by atoms with E-state index in [1.807, 2.05) is 4.90 Å². The highest BCUT2D eigenvalue weighted by Gasteiger charge is 2.32. The van der Waals surface area contributed by atoms with E-state index in [-0.39, 0.29) is 34.6 Å².